The molecule has 20 heavy (non-hydrogen) atoms. The Hall–Kier alpha value is -0.770. The van der Waals surface area contributed by atoms with Gasteiger partial charge in [0.1, 0.15) is 0 Å². The smallest absolute Gasteiger partial charge is 0.218 e. The first kappa shape index (κ1) is 17.3. The van der Waals surface area contributed by atoms with Crippen molar-refractivity contribution in [3.63, 3.8) is 0 Å². The highest BCUT2D eigenvalue weighted by Crippen LogP contribution is 2.34. The molecule has 1 atom stereocenters. The van der Waals surface area contributed by atoms with Gasteiger partial charge >= 0.3 is 0 Å². The maximum atomic E-state index is 11.1. The summed E-state index contributed by atoms with van der Waals surface area (Å²) in [5.74, 6) is 0.425. The molecule has 2 rings (SSSR count). The van der Waals surface area contributed by atoms with Crippen molar-refractivity contribution >= 4 is 29.9 Å². The Labute approximate surface area is 131 Å². The third-order valence-corrected chi connectivity index (χ3v) is 4.10. The van der Waals surface area contributed by atoms with Crippen molar-refractivity contribution in [3.8, 4) is 0 Å². The summed E-state index contributed by atoms with van der Waals surface area (Å²) in [6.07, 6.45) is 2.65. The van der Waals surface area contributed by atoms with E-state index in [1.807, 2.05) is 19.1 Å². The minimum Gasteiger partial charge on any atom is -0.370 e. The van der Waals surface area contributed by atoms with Gasteiger partial charge in [-0.2, -0.15) is 0 Å². The number of nitrogens with two attached hydrogens (primary N) is 1. The van der Waals surface area contributed by atoms with Crippen LogP contribution in [0.5, 0.6) is 0 Å². The largest absolute Gasteiger partial charge is 0.370 e. The lowest BCUT2D eigenvalue weighted by Gasteiger charge is -2.27. The topological polar surface area (TPSA) is 55.1 Å². The third kappa shape index (κ3) is 4.37. The Morgan fingerprint density at radius 3 is 2.70 bits per heavy atom. The van der Waals surface area contributed by atoms with E-state index in [4.69, 9.17) is 17.3 Å². The van der Waals surface area contributed by atoms with Gasteiger partial charge in [-0.1, -0.05) is 24.6 Å². The van der Waals surface area contributed by atoms with Crippen LogP contribution >= 0.6 is 24.0 Å². The Morgan fingerprint density at radius 1 is 1.45 bits per heavy atom. The van der Waals surface area contributed by atoms with E-state index < -0.39 is 0 Å². The average Bonchev–Trinajstić information content (AvgIpc) is 2.39. The monoisotopic (exact) mass is 316 g/mol. The van der Waals surface area contributed by atoms with E-state index in [1.165, 1.54) is 11.1 Å². The Kier molecular flexibility index (Phi) is 6.80. The highest BCUT2D eigenvalue weighted by atomic mass is 35.5. The Bertz CT molecular complexity index is 459. The molecule has 3 nitrogen and oxygen atoms in total. The molecule has 3 N–H and O–H groups in total. The summed E-state index contributed by atoms with van der Waals surface area (Å²) in [6, 6.07) is 6.05. The molecule has 1 aromatic carbocycles. The number of benzene rings is 1. The number of nitrogens with one attached hydrogen (secondary N) is 1. The van der Waals surface area contributed by atoms with E-state index in [-0.39, 0.29) is 24.2 Å². The fourth-order valence-electron chi connectivity index (χ4n) is 2.89. The molecular weight excluding hydrogens is 295 g/mol. The zero-order chi connectivity index (χ0) is 13.8. The van der Waals surface area contributed by atoms with E-state index in [2.05, 4.69) is 11.4 Å². The van der Waals surface area contributed by atoms with Crippen LogP contribution in [0.3, 0.4) is 0 Å². The summed E-state index contributed by atoms with van der Waals surface area (Å²) in [5.41, 5.74) is 7.83. The van der Waals surface area contributed by atoms with E-state index in [0.717, 1.165) is 31.0 Å². The number of hydrogen-bond acceptors (Lipinski definition) is 2. The summed E-state index contributed by atoms with van der Waals surface area (Å²) >= 11 is 6.11. The lowest BCUT2D eigenvalue weighted by Crippen LogP contribution is -2.27. The highest BCUT2D eigenvalue weighted by molar-refractivity contribution is 6.30. The van der Waals surface area contributed by atoms with Crippen molar-refractivity contribution < 1.29 is 4.79 Å². The molecule has 1 aromatic rings. The van der Waals surface area contributed by atoms with Crippen molar-refractivity contribution in [1.82, 2.24) is 5.32 Å². The Morgan fingerprint density at radius 2 is 2.10 bits per heavy atom. The van der Waals surface area contributed by atoms with Gasteiger partial charge in [-0.3, -0.25) is 4.79 Å². The van der Waals surface area contributed by atoms with Crippen molar-refractivity contribution in [2.75, 3.05) is 13.1 Å². The van der Waals surface area contributed by atoms with Gasteiger partial charge in [-0.25, -0.2) is 0 Å². The van der Waals surface area contributed by atoms with E-state index in [9.17, 15) is 4.79 Å². The number of amides is 1. The quantitative estimate of drug-likeness (QED) is 0.896. The number of piperidine rings is 1. The zero-order valence-corrected chi connectivity index (χ0v) is 13.3. The number of rotatable bonds is 4. The molecule has 1 aliphatic rings. The minimum absolute atomic E-state index is 0. The molecule has 0 unspecified atom stereocenters. The molecule has 1 aliphatic heterocycles. The summed E-state index contributed by atoms with van der Waals surface area (Å²) in [7, 11) is 0. The van der Waals surface area contributed by atoms with Gasteiger partial charge < -0.3 is 11.1 Å². The second-order valence-corrected chi connectivity index (χ2v) is 5.81. The number of hydrogen-bond donors (Lipinski definition) is 2. The number of halogens is 2. The minimum atomic E-state index is -0.260. The SMILES string of the molecule is C[C@@H](CC(N)=O)c1cc(Cl)ccc1C1CCNCC1.Cl. The first-order valence-electron chi connectivity index (χ1n) is 6.86. The van der Waals surface area contributed by atoms with Gasteiger partial charge in [0.15, 0.2) is 0 Å². The van der Waals surface area contributed by atoms with Crippen LogP contribution in [-0.2, 0) is 4.79 Å². The molecule has 1 fully saturated rings. The van der Waals surface area contributed by atoms with Crippen LogP contribution in [0.1, 0.15) is 49.1 Å². The van der Waals surface area contributed by atoms with Crippen LogP contribution in [0, 0.1) is 0 Å². The fraction of sp³-hybridized carbons (Fsp3) is 0.533. The molecule has 0 aliphatic carbocycles. The Balaban J connectivity index is 0.00000200. The second kappa shape index (κ2) is 7.87. The van der Waals surface area contributed by atoms with Crippen LogP contribution in [-0.4, -0.2) is 19.0 Å². The number of carbonyl (C=O) groups is 1. The predicted octanol–water partition coefficient (Wildman–Crippen LogP) is 3.21. The third-order valence-electron chi connectivity index (χ3n) is 3.87. The van der Waals surface area contributed by atoms with Gasteiger partial charge in [0.25, 0.3) is 0 Å². The molecule has 1 amide bonds. The summed E-state index contributed by atoms with van der Waals surface area (Å²) in [5, 5.41) is 4.10. The van der Waals surface area contributed by atoms with Crippen LogP contribution in [0.2, 0.25) is 5.02 Å². The summed E-state index contributed by atoms with van der Waals surface area (Å²) in [4.78, 5) is 11.1. The van der Waals surface area contributed by atoms with Gasteiger partial charge in [0, 0.05) is 11.4 Å². The number of carbonyl (C=O) groups excluding carboxylic acids is 1. The maximum absolute atomic E-state index is 11.1. The van der Waals surface area contributed by atoms with E-state index in [0.29, 0.717) is 12.3 Å². The molecular formula is C15H22Cl2N2O. The molecule has 0 bridgehead atoms. The first-order valence-corrected chi connectivity index (χ1v) is 7.24. The molecule has 112 valence electrons. The van der Waals surface area contributed by atoms with Crippen molar-refractivity contribution in [2.24, 2.45) is 5.73 Å². The maximum Gasteiger partial charge on any atom is 0.218 e. The standard InChI is InChI=1S/C15H21ClN2O.ClH/c1-10(8-15(17)19)14-9-12(16)2-3-13(14)11-4-6-18-7-5-11;/h2-3,9-11,18H,4-8H2,1H3,(H2,17,19);1H/t10-;/m0./s1. The second-order valence-electron chi connectivity index (χ2n) is 5.37. The molecule has 0 radical (unpaired) electrons. The van der Waals surface area contributed by atoms with Crippen LogP contribution in [0.4, 0.5) is 0 Å². The molecule has 1 heterocycles. The lowest BCUT2D eigenvalue weighted by atomic mass is 9.82. The molecule has 0 spiro atoms. The van der Waals surface area contributed by atoms with Crippen molar-refractivity contribution in [3.05, 3.63) is 34.3 Å². The zero-order valence-electron chi connectivity index (χ0n) is 11.7. The van der Waals surface area contributed by atoms with Gasteiger partial charge in [-0.15, -0.1) is 12.4 Å². The highest BCUT2D eigenvalue weighted by Gasteiger charge is 2.21. The summed E-state index contributed by atoms with van der Waals surface area (Å²) < 4.78 is 0. The summed E-state index contributed by atoms with van der Waals surface area (Å²) in [6.45, 7) is 4.15. The van der Waals surface area contributed by atoms with Crippen molar-refractivity contribution in [2.45, 2.75) is 38.0 Å². The normalized spacial score (nSPS) is 17.3. The van der Waals surface area contributed by atoms with Gasteiger partial charge in [-0.05, 0) is 61.0 Å². The average molecular weight is 317 g/mol. The van der Waals surface area contributed by atoms with Crippen LogP contribution < -0.4 is 11.1 Å². The first-order chi connectivity index (χ1) is 9.08. The lowest BCUT2D eigenvalue weighted by molar-refractivity contribution is -0.118. The van der Waals surface area contributed by atoms with Gasteiger partial charge in [0.2, 0.25) is 5.91 Å². The van der Waals surface area contributed by atoms with Crippen LogP contribution in [0.15, 0.2) is 18.2 Å². The molecule has 1 saturated heterocycles. The van der Waals surface area contributed by atoms with Crippen molar-refractivity contribution in [1.29, 1.82) is 0 Å². The van der Waals surface area contributed by atoms with E-state index >= 15 is 0 Å². The number of primary amides is 1. The fourth-order valence-corrected chi connectivity index (χ4v) is 3.07. The van der Waals surface area contributed by atoms with Gasteiger partial charge in [0.05, 0.1) is 0 Å². The van der Waals surface area contributed by atoms with E-state index in [1.54, 1.807) is 0 Å². The predicted molar refractivity (Wildman–Crippen MR) is 85.8 cm³/mol. The molecule has 0 saturated carbocycles. The molecule has 5 heteroatoms. The molecule has 0 aromatic heterocycles. The van der Waals surface area contributed by atoms with Crippen LogP contribution in [0.25, 0.3) is 0 Å².